The molecule has 7 nitrogen and oxygen atoms in total. The fraction of sp³-hybridized carbons (Fsp3) is 0.688. The number of aryl methyl sites for hydroxylation is 1. The van der Waals surface area contributed by atoms with Crippen molar-refractivity contribution in [1.82, 2.24) is 14.8 Å². The third kappa shape index (κ3) is 4.45. The van der Waals surface area contributed by atoms with Crippen molar-refractivity contribution in [2.75, 3.05) is 13.1 Å². The van der Waals surface area contributed by atoms with E-state index < -0.39 is 5.97 Å². The topological polar surface area (TPSA) is 91.6 Å². The average molecular weight is 355 g/mol. The van der Waals surface area contributed by atoms with Crippen LogP contribution in [0.25, 0.3) is 0 Å². The molecule has 2 rings (SSSR count). The van der Waals surface area contributed by atoms with Gasteiger partial charge < -0.3 is 15.0 Å². The van der Waals surface area contributed by atoms with E-state index in [0.29, 0.717) is 13.1 Å². The summed E-state index contributed by atoms with van der Waals surface area (Å²) in [7, 11) is 0. The zero-order valence-corrected chi connectivity index (χ0v) is 15.2. The molecule has 0 spiro atoms. The molecule has 0 aromatic carbocycles. The largest absolute Gasteiger partial charge is 0.480 e. The molecule has 0 radical (unpaired) electrons. The molecular formula is C16H25N3O4S. The van der Waals surface area contributed by atoms with Gasteiger partial charge in [0.05, 0.1) is 6.54 Å². The predicted octanol–water partition coefficient (Wildman–Crippen LogP) is 0.970. The molecule has 24 heavy (non-hydrogen) atoms. The standard InChI is InChI=1S/C16H25N3O4S/c1-4-18(9-15(21)22)13-7-12(8-13)17-14(20)5-6-19-10(2)11(3)24-16(19)23/h12-13H,4-9H2,1-3H3,(H,17,20)(H,21,22). The number of nitrogens with zero attached hydrogens (tertiary/aromatic N) is 2. The molecule has 0 unspecified atom stereocenters. The highest BCUT2D eigenvalue weighted by Gasteiger charge is 2.34. The lowest BCUT2D eigenvalue weighted by Crippen LogP contribution is -2.54. The van der Waals surface area contributed by atoms with Crippen LogP contribution in [0.3, 0.4) is 0 Å². The lowest BCUT2D eigenvalue weighted by atomic mass is 9.85. The number of aromatic nitrogens is 1. The molecular weight excluding hydrogens is 330 g/mol. The van der Waals surface area contributed by atoms with Gasteiger partial charge in [0, 0.05) is 35.6 Å². The van der Waals surface area contributed by atoms with E-state index in [1.807, 2.05) is 25.7 Å². The van der Waals surface area contributed by atoms with Gasteiger partial charge in [-0.2, -0.15) is 0 Å². The molecule has 0 atom stereocenters. The van der Waals surface area contributed by atoms with Crippen LogP contribution in [0.15, 0.2) is 4.79 Å². The summed E-state index contributed by atoms with van der Waals surface area (Å²) in [4.78, 5) is 37.5. The van der Waals surface area contributed by atoms with E-state index in [2.05, 4.69) is 5.32 Å². The second-order valence-electron chi connectivity index (χ2n) is 6.26. The van der Waals surface area contributed by atoms with Crippen LogP contribution in [0.2, 0.25) is 0 Å². The smallest absolute Gasteiger partial charge is 0.317 e. The van der Waals surface area contributed by atoms with Gasteiger partial charge in [0.25, 0.3) is 0 Å². The molecule has 1 amide bonds. The molecule has 134 valence electrons. The van der Waals surface area contributed by atoms with Gasteiger partial charge in [0.1, 0.15) is 0 Å². The van der Waals surface area contributed by atoms with Crippen molar-refractivity contribution in [3.05, 3.63) is 20.2 Å². The third-order valence-corrected chi connectivity index (χ3v) is 5.67. The van der Waals surface area contributed by atoms with Crippen molar-refractivity contribution in [2.24, 2.45) is 0 Å². The van der Waals surface area contributed by atoms with E-state index in [0.717, 1.165) is 23.4 Å². The number of amides is 1. The number of nitrogens with one attached hydrogen (secondary N) is 1. The van der Waals surface area contributed by atoms with Crippen LogP contribution in [0.1, 0.15) is 36.8 Å². The minimum atomic E-state index is -0.823. The highest BCUT2D eigenvalue weighted by Crippen LogP contribution is 2.25. The van der Waals surface area contributed by atoms with Gasteiger partial charge in [0.15, 0.2) is 0 Å². The summed E-state index contributed by atoms with van der Waals surface area (Å²) in [6, 6.07) is 0.327. The molecule has 1 heterocycles. The van der Waals surface area contributed by atoms with Crippen LogP contribution in [0, 0.1) is 13.8 Å². The van der Waals surface area contributed by atoms with Crippen LogP contribution in [0.5, 0.6) is 0 Å². The Balaban J connectivity index is 1.75. The summed E-state index contributed by atoms with van der Waals surface area (Å²) in [6.45, 7) is 6.88. The zero-order chi connectivity index (χ0) is 17.9. The van der Waals surface area contributed by atoms with E-state index in [4.69, 9.17) is 5.11 Å². The lowest BCUT2D eigenvalue weighted by Gasteiger charge is -2.42. The number of likely N-dealkylation sites (N-methyl/N-ethyl adjacent to an activating group) is 1. The fourth-order valence-corrected chi connectivity index (χ4v) is 3.89. The molecule has 1 fully saturated rings. The molecule has 1 aromatic rings. The Morgan fingerprint density at radius 1 is 1.38 bits per heavy atom. The Bertz CT molecular complexity index is 661. The molecule has 0 aliphatic heterocycles. The predicted molar refractivity (Wildman–Crippen MR) is 92.5 cm³/mol. The Hall–Kier alpha value is -1.67. The molecule has 1 saturated carbocycles. The fourth-order valence-electron chi connectivity index (χ4n) is 3.04. The number of carboxylic acid groups (broad SMARTS) is 1. The van der Waals surface area contributed by atoms with Crippen LogP contribution in [-0.4, -0.2) is 51.6 Å². The maximum Gasteiger partial charge on any atom is 0.317 e. The van der Waals surface area contributed by atoms with Crippen molar-refractivity contribution < 1.29 is 14.7 Å². The number of carbonyl (C=O) groups excluding carboxylic acids is 1. The summed E-state index contributed by atoms with van der Waals surface area (Å²) in [5, 5.41) is 11.9. The van der Waals surface area contributed by atoms with Gasteiger partial charge in [-0.25, -0.2) is 0 Å². The summed E-state index contributed by atoms with van der Waals surface area (Å²) in [5.41, 5.74) is 0.925. The Morgan fingerprint density at radius 2 is 2.04 bits per heavy atom. The number of carboxylic acids is 1. The first-order valence-corrected chi connectivity index (χ1v) is 9.05. The molecule has 1 aromatic heterocycles. The molecule has 1 aliphatic carbocycles. The van der Waals surface area contributed by atoms with Gasteiger partial charge in [-0.05, 0) is 33.2 Å². The summed E-state index contributed by atoms with van der Waals surface area (Å²) < 4.78 is 1.65. The Kier molecular flexibility index (Phi) is 6.17. The molecule has 2 N–H and O–H groups in total. The number of hydrogen-bond donors (Lipinski definition) is 2. The van der Waals surface area contributed by atoms with E-state index in [1.54, 1.807) is 4.57 Å². The van der Waals surface area contributed by atoms with Gasteiger partial charge in [-0.15, -0.1) is 0 Å². The van der Waals surface area contributed by atoms with Crippen LogP contribution >= 0.6 is 11.3 Å². The average Bonchev–Trinajstić information content (AvgIpc) is 2.71. The van der Waals surface area contributed by atoms with Gasteiger partial charge in [-0.3, -0.25) is 19.3 Å². The van der Waals surface area contributed by atoms with Crippen molar-refractivity contribution in [1.29, 1.82) is 0 Å². The normalized spacial score (nSPS) is 20.0. The van der Waals surface area contributed by atoms with E-state index >= 15 is 0 Å². The lowest BCUT2D eigenvalue weighted by molar-refractivity contribution is -0.139. The number of hydrogen-bond acceptors (Lipinski definition) is 5. The summed E-state index contributed by atoms with van der Waals surface area (Å²) >= 11 is 1.21. The van der Waals surface area contributed by atoms with E-state index in [9.17, 15) is 14.4 Å². The summed E-state index contributed by atoms with van der Waals surface area (Å²) in [6.07, 6.45) is 1.84. The van der Waals surface area contributed by atoms with Crippen molar-refractivity contribution in [2.45, 2.75) is 58.7 Å². The monoisotopic (exact) mass is 355 g/mol. The highest BCUT2D eigenvalue weighted by atomic mass is 32.1. The molecule has 8 heteroatoms. The second kappa shape index (κ2) is 7.94. The van der Waals surface area contributed by atoms with Gasteiger partial charge >= 0.3 is 10.8 Å². The molecule has 0 bridgehead atoms. The zero-order valence-electron chi connectivity index (χ0n) is 14.4. The van der Waals surface area contributed by atoms with Crippen LogP contribution in [0.4, 0.5) is 0 Å². The minimum Gasteiger partial charge on any atom is -0.480 e. The number of rotatable bonds is 8. The Morgan fingerprint density at radius 3 is 2.54 bits per heavy atom. The van der Waals surface area contributed by atoms with Crippen LogP contribution in [-0.2, 0) is 16.1 Å². The third-order valence-electron chi connectivity index (χ3n) is 4.68. The van der Waals surface area contributed by atoms with E-state index in [1.165, 1.54) is 11.3 Å². The van der Waals surface area contributed by atoms with Crippen molar-refractivity contribution in [3.63, 3.8) is 0 Å². The SMILES string of the molecule is CCN(CC(=O)O)C1CC(NC(=O)CCn2c(C)c(C)sc2=O)C1. The van der Waals surface area contributed by atoms with Crippen LogP contribution < -0.4 is 10.2 Å². The minimum absolute atomic E-state index is 0.0197. The molecule has 1 aliphatic rings. The van der Waals surface area contributed by atoms with E-state index in [-0.39, 0.29) is 35.8 Å². The first kappa shape index (κ1) is 18.7. The number of carbonyl (C=O) groups is 2. The van der Waals surface area contributed by atoms with Gasteiger partial charge in [-0.1, -0.05) is 18.3 Å². The summed E-state index contributed by atoms with van der Waals surface area (Å²) in [5.74, 6) is -0.883. The molecule has 0 saturated heterocycles. The maximum atomic E-state index is 12.0. The van der Waals surface area contributed by atoms with Crippen molar-refractivity contribution >= 4 is 23.2 Å². The van der Waals surface area contributed by atoms with Gasteiger partial charge in [0.2, 0.25) is 5.91 Å². The number of thiazole rings is 1. The quantitative estimate of drug-likeness (QED) is 0.725. The highest BCUT2D eigenvalue weighted by molar-refractivity contribution is 7.09. The first-order chi connectivity index (χ1) is 11.3. The Labute approximate surface area is 145 Å². The second-order valence-corrected chi connectivity index (χ2v) is 7.42. The maximum absolute atomic E-state index is 12.0. The number of aliphatic carboxylic acids is 1. The van der Waals surface area contributed by atoms with Crippen molar-refractivity contribution in [3.8, 4) is 0 Å². The first-order valence-electron chi connectivity index (χ1n) is 8.23.